The Balaban J connectivity index is 2.00. The van der Waals surface area contributed by atoms with Crippen LogP contribution < -0.4 is 5.32 Å². The zero-order chi connectivity index (χ0) is 50.8. The van der Waals surface area contributed by atoms with Crippen LogP contribution in [0.3, 0.4) is 0 Å². The Bertz CT molecular complexity index is 1150. The van der Waals surface area contributed by atoms with E-state index in [2.05, 4.69) is 31.3 Å². The first-order valence-electron chi connectivity index (χ1n) is 30.6. The van der Waals surface area contributed by atoms with Crippen molar-refractivity contribution < 1.29 is 39.8 Å². The number of carbonyl (C=O) groups is 1. The van der Waals surface area contributed by atoms with Gasteiger partial charge in [-0.3, -0.25) is 4.79 Å². The number of carbonyl (C=O) groups excluding carboxylic acids is 1. The van der Waals surface area contributed by atoms with Crippen LogP contribution >= 0.6 is 0 Å². The number of hydrogen-bond donors (Lipinski definition) is 6. The van der Waals surface area contributed by atoms with Crippen LogP contribution in [0.4, 0.5) is 0 Å². The lowest BCUT2D eigenvalue weighted by Crippen LogP contribution is -2.60. The van der Waals surface area contributed by atoms with Crippen molar-refractivity contribution in [1.82, 2.24) is 5.32 Å². The molecule has 1 heterocycles. The molecule has 9 nitrogen and oxygen atoms in total. The number of unbranched alkanes of at least 4 members (excludes halogenated alkanes) is 41. The van der Waals surface area contributed by atoms with E-state index in [1.165, 1.54) is 244 Å². The molecule has 0 aromatic heterocycles. The van der Waals surface area contributed by atoms with E-state index in [9.17, 15) is 30.3 Å². The van der Waals surface area contributed by atoms with Crippen molar-refractivity contribution in [3.63, 3.8) is 0 Å². The van der Waals surface area contributed by atoms with E-state index >= 15 is 0 Å². The highest BCUT2D eigenvalue weighted by molar-refractivity contribution is 5.76. The maximum absolute atomic E-state index is 13.0. The molecule has 0 aromatic carbocycles. The van der Waals surface area contributed by atoms with E-state index in [1.807, 2.05) is 6.08 Å². The molecule has 7 unspecified atom stereocenters. The average Bonchev–Trinajstić information content (AvgIpc) is 3.36. The van der Waals surface area contributed by atoms with Crippen LogP contribution in [-0.2, 0) is 14.3 Å². The molecule has 0 radical (unpaired) electrons. The summed E-state index contributed by atoms with van der Waals surface area (Å²) >= 11 is 0. The highest BCUT2D eigenvalue weighted by Gasteiger charge is 2.44. The monoisotopic (exact) mass is 992 g/mol. The van der Waals surface area contributed by atoms with E-state index in [0.29, 0.717) is 6.42 Å². The molecule has 1 rings (SSSR count). The largest absolute Gasteiger partial charge is 0.394 e. The number of hydrogen-bond acceptors (Lipinski definition) is 8. The van der Waals surface area contributed by atoms with Gasteiger partial charge in [-0.05, 0) is 32.1 Å². The van der Waals surface area contributed by atoms with E-state index in [4.69, 9.17) is 9.47 Å². The summed E-state index contributed by atoms with van der Waals surface area (Å²) in [5.74, 6) is -0.183. The SMILES string of the molecule is CCCCCC/C=C/CC/C=C/C(O)C(COC1OC(CO)C(O)C(O)C1O)NC(=O)CCCCCCCCCCCCCCCCCCCCCCCCCCCCCCCCCCCCCCC. The number of ether oxygens (including phenoxy) is 2. The predicted octanol–water partition coefficient (Wildman–Crippen LogP) is 15.4. The number of amides is 1. The molecule has 1 saturated heterocycles. The molecule has 9 heteroatoms. The summed E-state index contributed by atoms with van der Waals surface area (Å²) in [6, 6.07) is -0.817. The molecule has 0 bridgehead atoms. The van der Waals surface area contributed by atoms with Crippen molar-refractivity contribution in [3.05, 3.63) is 24.3 Å². The highest BCUT2D eigenvalue weighted by atomic mass is 16.7. The van der Waals surface area contributed by atoms with Crippen LogP contribution in [0.1, 0.15) is 303 Å². The maximum atomic E-state index is 13.0. The molecule has 414 valence electrons. The van der Waals surface area contributed by atoms with Crippen molar-refractivity contribution in [1.29, 1.82) is 0 Å². The van der Waals surface area contributed by atoms with E-state index < -0.39 is 49.5 Å². The molecule has 0 spiro atoms. The van der Waals surface area contributed by atoms with E-state index in [0.717, 1.165) is 38.5 Å². The second-order valence-corrected chi connectivity index (χ2v) is 21.5. The molecular weight excluding hydrogens is 875 g/mol. The highest BCUT2D eigenvalue weighted by Crippen LogP contribution is 2.23. The first-order chi connectivity index (χ1) is 34.3. The average molecular weight is 993 g/mol. The zero-order valence-electron chi connectivity index (χ0n) is 46.0. The van der Waals surface area contributed by atoms with Crippen LogP contribution in [0.15, 0.2) is 24.3 Å². The summed E-state index contributed by atoms with van der Waals surface area (Å²) in [4.78, 5) is 13.0. The zero-order valence-corrected chi connectivity index (χ0v) is 46.0. The predicted molar refractivity (Wildman–Crippen MR) is 295 cm³/mol. The van der Waals surface area contributed by atoms with Crippen LogP contribution in [-0.4, -0.2) is 87.5 Å². The Kier molecular flexibility index (Phi) is 48.7. The van der Waals surface area contributed by atoms with Crippen molar-refractivity contribution in [2.75, 3.05) is 13.2 Å². The lowest BCUT2D eigenvalue weighted by atomic mass is 9.99. The van der Waals surface area contributed by atoms with Crippen molar-refractivity contribution >= 4 is 5.91 Å². The van der Waals surface area contributed by atoms with Gasteiger partial charge in [-0.25, -0.2) is 0 Å². The lowest BCUT2D eigenvalue weighted by Gasteiger charge is -2.40. The number of rotatable bonds is 53. The van der Waals surface area contributed by atoms with Crippen LogP contribution in [0.2, 0.25) is 0 Å². The van der Waals surface area contributed by atoms with Crippen LogP contribution in [0, 0.1) is 0 Å². The molecule has 1 fully saturated rings. The molecule has 0 aromatic rings. The molecule has 70 heavy (non-hydrogen) atoms. The van der Waals surface area contributed by atoms with Gasteiger partial charge in [0.1, 0.15) is 24.4 Å². The van der Waals surface area contributed by atoms with Gasteiger partial charge >= 0.3 is 0 Å². The quantitative estimate of drug-likeness (QED) is 0.0261. The van der Waals surface area contributed by atoms with Crippen LogP contribution in [0.5, 0.6) is 0 Å². The normalized spacial score (nSPS) is 19.4. The van der Waals surface area contributed by atoms with Gasteiger partial charge in [-0.2, -0.15) is 0 Å². The Morgan fingerprint density at radius 3 is 1.20 bits per heavy atom. The molecule has 0 aliphatic carbocycles. The standard InChI is InChI=1S/C61H117NO8/c1-3-5-7-9-11-13-15-16-17-18-19-20-21-22-23-24-25-26-27-28-29-30-31-32-33-34-35-36-37-38-39-40-41-43-45-47-49-51-57(65)62-54(53-69-61-60(68)59(67)58(66)56(52-63)70-61)55(64)50-48-46-44-42-14-12-10-8-6-4-2/h14,42,48,50,54-56,58-61,63-64,66-68H,3-13,15-41,43-47,49,51-53H2,1-2H3,(H,62,65)/b42-14+,50-48+. The molecule has 1 aliphatic heterocycles. The fourth-order valence-corrected chi connectivity index (χ4v) is 9.94. The number of nitrogens with one attached hydrogen (secondary N) is 1. The lowest BCUT2D eigenvalue weighted by molar-refractivity contribution is -0.302. The summed E-state index contributed by atoms with van der Waals surface area (Å²) in [7, 11) is 0. The van der Waals surface area contributed by atoms with Gasteiger partial charge in [-0.15, -0.1) is 0 Å². The topological polar surface area (TPSA) is 149 Å². The Morgan fingerprint density at radius 2 is 0.814 bits per heavy atom. The van der Waals surface area contributed by atoms with Crippen molar-refractivity contribution in [3.8, 4) is 0 Å². The number of aliphatic hydroxyl groups excluding tert-OH is 5. The number of aliphatic hydroxyl groups is 5. The third-order valence-corrected chi connectivity index (χ3v) is 14.8. The molecule has 6 N–H and O–H groups in total. The minimum absolute atomic E-state index is 0.183. The summed E-state index contributed by atoms with van der Waals surface area (Å²) in [6.45, 7) is 3.75. The van der Waals surface area contributed by atoms with Gasteiger partial charge in [0, 0.05) is 6.42 Å². The first-order valence-corrected chi connectivity index (χ1v) is 30.6. The summed E-state index contributed by atoms with van der Waals surface area (Å²) in [5.41, 5.74) is 0. The maximum Gasteiger partial charge on any atom is 0.220 e. The van der Waals surface area contributed by atoms with Gasteiger partial charge in [0.25, 0.3) is 0 Å². The van der Waals surface area contributed by atoms with Gasteiger partial charge in [0.15, 0.2) is 6.29 Å². The summed E-state index contributed by atoms with van der Waals surface area (Å²) < 4.78 is 11.2. The van der Waals surface area contributed by atoms with E-state index in [-0.39, 0.29) is 12.5 Å². The van der Waals surface area contributed by atoms with Gasteiger partial charge in [0.2, 0.25) is 5.91 Å². The Morgan fingerprint density at radius 1 is 0.471 bits per heavy atom. The van der Waals surface area contributed by atoms with Gasteiger partial charge in [0.05, 0.1) is 25.4 Å². The fraction of sp³-hybridized carbons (Fsp3) is 0.918. The fourth-order valence-electron chi connectivity index (χ4n) is 9.94. The molecule has 1 amide bonds. The van der Waals surface area contributed by atoms with E-state index in [1.54, 1.807) is 6.08 Å². The molecule has 0 saturated carbocycles. The van der Waals surface area contributed by atoms with Gasteiger partial charge < -0.3 is 40.3 Å². The Labute approximate surface area is 432 Å². The minimum atomic E-state index is -1.57. The first kappa shape index (κ1) is 66.7. The molecule has 7 atom stereocenters. The van der Waals surface area contributed by atoms with Crippen molar-refractivity contribution in [2.45, 2.75) is 346 Å². The van der Waals surface area contributed by atoms with Gasteiger partial charge in [-0.1, -0.05) is 289 Å². The van der Waals surface area contributed by atoms with Crippen molar-refractivity contribution in [2.24, 2.45) is 0 Å². The number of allylic oxidation sites excluding steroid dienone is 3. The second-order valence-electron chi connectivity index (χ2n) is 21.5. The summed E-state index contributed by atoms with van der Waals surface area (Å²) in [6.07, 6.45) is 58.8. The minimum Gasteiger partial charge on any atom is -0.394 e. The third-order valence-electron chi connectivity index (χ3n) is 14.8. The summed E-state index contributed by atoms with van der Waals surface area (Å²) in [5, 5.41) is 54.2. The Hall–Kier alpha value is -1.33. The second kappa shape index (κ2) is 51.2. The molecular formula is C61H117NO8. The molecule has 1 aliphatic rings. The smallest absolute Gasteiger partial charge is 0.220 e. The third kappa shape index (κ3) is 40.1. The van der Waals surface area contributed by atoms with Crippen LogP contribution in [0.25, 0.3) is 0 Å².